The lowest BCUT2D eigenvalue weighted by Gasteiger charge is -2.38. The van der Waals surface area contributed by atoms with Crippen LogP contribution in [0.2, 0.25) is 0 Å². The van der Waals surface area contributed by atoms with Gasteiger partial charge < -0.3 is 0 Å². The summed E-state index contributed by atoms with van der Waals surface area (Å²) in [5, 5.41) is 2.93. The van der Waals surface area contributed by atoms with Gasteiger partial charge in [-0.1, -0.05) is 74.5 Å². The Morgan fingerprint density at radius 3 is 2.19 bits per heavy atom. The SMILES string of the molecule is CCC1(CC)C=C(Br)P(c2ccccc2)c2ccccc21. The molecular weight excluding hydrogens is 339 g/mol. The molecule has 0 fully saturated rings. The van der Waals surface area contributed by atoms with E-state index in [1.54, 1.807) is 0 Å². The van der Waals surface area contributed by atoms with Gasteiger partial charge in [0.1, 0.15) is 0 Å². The summed E-state index contributed by atoms with van der Waals surface area (Å²) in [5.41, 5.74) is 1.71. The van der Waals surface area contributed by atoms with Crippen LogP contribution in [0.25, 0.3) is 0 Å². The highest BCUT2D eigenvalue weighted by Crippen LogP contribution is 2.54. The van der Waals surface area contributed by atoms with Crippen LogP contribution in [0.4, 0.5) is 0 Å². The summed E-state index contributed by atoms with van der Waals surface area (Å²) in [6.07, 6.45) is 4.77. The van der Waals surface area contributed by atoms with Gasteiger partial charge in [-0.25, -0.2) is 0 Å². The molecule has 21 heavy (non-hydrogen) atoms. The van der Waals surface area contributed by atoms with Crippen molar-refractivity contribution >= 4 is 34.5 Å². The Bertz CT molecular complexity index is 656. The molecule has 0 amide bonds. The highest BCUT2D eigenvalue weighted by molar-refractivity contribution is 9.13. The standard InChI is InChI=1S/C19H20BrP/c1-3-19(4-2)14-18(20)21(15-10-6-5-7-11-15)17-13-9-8-12-16(17)19/h5-14H,3-4H2,1-2H3. The maximum Gasteiger partial charge on any atom is 0.0245 e. The molecule has 0 N–H and O–H groups in total. The van der Waals surface area contributed by atoms with Crippen molar-refractivity contribution < 1.29 is 0 Å². The fourth-order valence-electron chi connectivity index (χ4n) is 3.25. The summed E-state index contributed by atoms with van der Waals surface area (Å²) in [4.78, 5) is 0. The Balaban J connectivity index is 2.22. The zero-order valence-electron chi connectivity index (χ0n) is 12.5. The number of hydrogen-bond donors (Lipinski definition) is 0. The molecule has 1 unspecified atom stereocenters. The van der Waals surface area contributed by atoms with Crippen molar-refractivity contribution in [3.8, 4) is 0 Å². The summed E-state index contributed by atoms with van der Waals surface area (Å²) >= 11 is 3.91. The molecule has 1 aliphatic rings. The quantitative estimate of drug-likeness (QED) is 0.642. The van der Waals surface area contributed by atoms with Gasteiger partial charge in [-0.2, -0.15) is 0 Å². The minimum absolute atomic E-state index is 0.184. The van der Waals surface area contributed by atoms with E-state index >= 15 is 0 Å². The molecule has 1 heterocycles. The first-order valence-corrected chi connectivity index (χ1v) is 9.68. The van der Waals surface area contributed by atoms with E-state index in [9.17, 15) is 0 Å². The van der Waals surface area contributed by atoms with Crippen LogP contribution in [0.1, 0.15) is 32.3 Å². The van der Waals surface area contributed by atoms with Crippen molar-refractivity contribution in [3.63, 3.8) is 0 Å². The topological polar surface area (TPSA) is 0 Å². The first-order valence-electron chi connectivity index (χ1n) is 7.55. The second kappa shape index (κ2) is 6.07. The average Bonchev–Trinajstić information content (AvgIpc) is 2.55. The molecule has 0 spiro atoms. The molecule has 2 heteroatoms. The first-order chi connectivity index (χ1) is 10.2. The highest BCUT2D eigenvalue weighted by atomic mass is 79.9. The molecule has 1 aliphatic heterocycles. The summed E-state index contributed by atoms with van der Waals surface area (Å²) in [6.45, 7) is 4.60. The Labute approximate surface area is 137 Å². The smallest absolute Gasteiger partial charge is 0.0245 e. The largest absolute Gasteiger partial charge is 0.0642 e. The molecule has 0 saturated carbocycles. The van der Waals surface area contributed by atoms with Crippen LogP contribution in [0.15, 0.2) is 64.9 Å². The fraction of sp³-hybridized carbons (Fsp3) is 0.263. The van der Waals surface area contributed by atoms with Gasteiger partial charge >= 0.3 is 0 Å². The molecule has 0 saturated heterocycles. The van der Waals surface area contributed by atoms with Crippen LogP contribution < -0.4 is 10.6 Å². The lowest BCUT2D eigenvalue weighted by molar-refractivity contribution is 0.499. The Kier molecular flexibility index (Phi) is 4.33. The Hall–Kier alpha value is -0.910. The van der Waals surface area contributed by atoms with E-state index in [0.717, 1.165) is 12.8 Å². The van der Waals surface area contributed by atoms with Gasteiger partial charge in [-0.15, -0.1) is 0 Å². The maximum absolute atomic E-state index is 3.91. The molecule has 0 radical (unpaired) electrons. The van der Waals surface area contributed by atoms with Crippen LogP contribution in [-0.4, -0.2) is 0 Å². The lowest BCUT2D eigenvalue weighted by Crippen LogP contribution is -2.33. The minimum Gasteiger partial charge on any atom is -0.0642 e. The monoisotopic (exact) mass is 358 g/mol. The molecule has 0 nitrogen and oxygen atoms in total. The van der Waals surface area contributed by atoms with Crippen molar-refractivity contribution in [2.24, 2.45) is 0 Å². The third-order valence-corrected chi connectivity index (χ3v) is 8.10. The van der Waals surface area contributed by atoms with Crippen LogP contribution in [-0.2, 0) is 5.41 Å². The van der Waals surface area contributed by atoms with Crippen molar-refractivity contribution in [2.45, 2.75) is 32.1 Å². The normalized spacial score (nSPS) is 19.8. The van der Waals surface area contributed by atoms with Crippen molar-refractivity contribution in [3.05, 3.63) is 70.5 Å². The lowest BCUT2D eigenvalue weighted by atomic mass is 9.76. The van der Waals surface area contributed by atoms with Crippen molar-refractivity contribution in [2.75, 3.05) is 0 Å². The van der Waals surface area contributed by atoms with Crippen LogP contribution in [0.5, 0.6) is 0 Å². The van der Waals surface area contributed by atoms with E-state index in [1.807, 2.05) is 0 Å². The van der Waals surface area contributed by atoms with Gasteiger partial charge in [0.25, 0.3) is 0 Å². The number of halogens is 1. The van der Waals surface area contributed by atoms with E-state index in [0.29, 0.717) is 0 Å². The maximum atomic E-state index is 3.91. The number of benzene rings is 2. The second-order valence-corrected chi connectivity index (χ2v) is 9.14. The highest BCUT2D eigenvalue weighted by Gasteiger charge is 2.36. The van der Waals surface area contributed by atoms with Gasteiger partial charge in [-0.3, -0.25) is 0 Å². The second-order valence-electron chi connectivity index (χ2n) is 5.52. The molecule has 0 aliphatic carbocycles. The van der Waals surface area contributed by atoms with E-state index < -0.39 is 7.92 Å². The molecule has 1 atom stereocenters. The van der Waals surface area contributed by atoms with Crippen LogP contribution in [0.3, 0.4) is 0 Å². The zero-order chi connectivity index (χ0) is 14.9. The van der Waals surface area contributed by atoms with Gasteiger partial charge in [0.15, 0.2) is 0 Å². The zero-order valence-corrected chi connectivity index (χ0v) is 15.0. The number of rotatable bonds is 3. The number of hydrogen-bond acceptors (Lipinski definition) is 0. The fourth-order valence-corrected chi connectivity index (χ4v) is 7.25. The van der Waals surface area contributed by atoms with Crippen LogP contribution >= 0.6 is 23.9 Å². The Morgan fingerprint density at radius 2 is 1.52 bits per heavy atom. The van der Waals surface area contributed by atoms with Gasteiger partial charge in [0.2, 0.25) is 0 Å². The summed E-state index contributed by atoms with van der Waals surface area (Å²) in [6, 6.07) is 19.9. The van der Waals surface area contributed by atoms with E-state index in [-0.39, 0.29) is 5.41 Å². The molecule has 108 valence electrons. The van der Waals surface area contributed by atoms with Crippen molar-refractivity contribution in [1.29, 1.82) is 0 Å². The van der Waals surface area contributed by atoms with E-state index in [2.05, 4.69) is 90.5 Å². The predicted octanol–water partition coefficient (Wildman–Crippen LogP) is 5.43. The van der Waals surface area contributed by atoms with E-state index in [4.69, 9.17) is 0 Å². The summed E-state index contributed by atoms with van der Waals surface area (Å²) in [5.74, 6) is 0. The molecule has 2 aromatic carbocycles. The van der Waals surface area contributed by atoms with Crippen LogP contribution in [0, 0.1) is 0 Å². The summed E-state index contributed by atoms with van der Waals surface area (Å²) in [7, 11) is -0.436. The molecular formula is C19H20BrP. The van der Waals surface area contributed by atoms with E-state index in [1.165, 1.54) is 20.4 Å². The van der Waals surface area contributed by atoms with Gasteiger partial charge in [-0.05, 0) is 52.9 Å². The number of allylic oxidation sites excluding steroid dienone is 1. The minimum atomic E-state index is -0.436. The molecule has 0 aromatic heterocycles. The first kappa shape index (κ1) is 15.0. The van der Waals surface area contributed by atoms with Gasteiger partial charge in [0.05, 0.1) is 0 Å². The predicted molar refractivity (Wildman–Crippen MR) is 98.3 cm³/mol. The number of fused-ring (bicyclic) bond motifs is 1. The molecule has 0 bridgehead atoms. The Morgan fingerprint density at radius 1 is 0.905 bits per heavy atom. The molecule has 2 aromatic rings. The van der Waals surface area contributed by atoms with Crippen molar-refractivity contribution in [1.82, 2.24) is 0 Å². The average molecular weight is 359 g/mol. The molecule has 3 rings (SSSR count). The third kappa shape index (κ3) is 2.51. The van der Waals surface area contributed by atoms with Gasteiger partial charge in [0, 0.05) is 9.64 Å². The third-order valence-electron chi connectivity index (χ3n) is 4.57. The summed E-state index contributed by atoms with van der Waals surface area (Å²) < 4.78 is 1.37.